The highest BCUT2D eigenvalue weighted by Crippen LogP contribution is 2.29. The number of hydrogen-bond acceptors (Lipinski definition) is 11. The molecule has 0 unspecified atom stereocenters. The van der Waals surface area contributed by atoms with Crippen molar-refractivity contribution in [2.75, 3.05) is 17.2 Å². The molecule has 0 atom stereocenters. The molecule has 182 valence electrons. The third-order valence-electron chi connectivity index (χ3n) is 5.68. The molecule has 3 N–H and O–H groups in total. The molecule has 0 aliphatic carbocycles. The van der Waals surface area contributed by atoms with Crippen LogP contribution < -0.4 is 16.1 Å². The van der Waals surface area contributed by atoms with E-state index >= 15 is 0 Å². The number of aromatic nitrogens is 5. The lowest BCUT2D eigenvalue weighted by molar-refractivity contribution is -0.384. The van der Waals surface area contributed by atoms with Crippen molar-refractivity contribution in [3.05, 3.63) is 81.2 Å². The quantitative estimate of drug-likeness (QED) is 0.221. The minimum Gasteiger partial charge on any atom is -0.378 e. The number of para-hydroxylation sites is 1. The lowest BCUT2D eigenvalue weighted by atomic mass is 10.0. The summed E-state index contributed by atoms with van der Waals surface area (Å²) in [6.45, 7) is 1.05. The van der Waals surface area contributed by atoms with Gasteiger partial charge in [-0.25, -0.2) is 10.1 Å². The molecule has 3 heterocycles. The lowest BCUT2D eigenvalue weighted by Gasteiger charge is -2.31. The van der Waals surface area contributed by atoms with Crippen LogP contribution in [0, 0.1) is 10.1 Å². The Morgan fingerprint density at radius 2 is 2.11 bits per heavy atom. The van der Waals surface area contributed by atoms with Gasteiger partial charge in [0.1, 0.15) is 0 Å². The van der Waals surface area contributed by atoms with E-state index in [-0.39, 0.29) is 29.6 Å². The highest BCUT2D eigenvalue weighted by Gasteiger charge is 2.27. The Bertz CT molecular complexity index is 1460. The van der Waals surface area contributed by atoms with E-state index in [2.05, 4.69) is 42.1 Å². The zero-order valence-electron chi connectivity index (χ0n) is 18.8. The zero-order valence-corrected chi connectivity index (χ0v) is 18.8. The highest BCUT2D eigenvalue weighted by molar-refractivity contribution is 5.94. The van der Waals surface area contributed by atoms with E-state index in [1.165, 1.54) is 34.7 Å². The van der Waals surface area contributed by atoms with Gasteiger partial charge in [0.2, 0.25) is 11.6 Å². The zero-order chi connectivity index (χ0) is 25.1. The number of nitrogen functional groups attached to an aromatic ring is 1. The third-order valence-corrected chi connectivity index (χ3v) is 5.68. The van der Waals surface area contributed by atoms with Gasteiger partial charge in [-0.2, -0.15) is 9.78 Å². The van der Waals surface area contributed by atoms with Crippen LogP contribution in [0.4, 0.5) is 17.2 Å². The summed E-state index contributed by atoms with van der Waals surface area (Å²) >= 11 is 0. The maximum absolute atomic E-state index is 13.0. The number of fused-ring (bicyclic) bond motifs is 1. The second kappa shape index (κ2) is 9.61. The number of nitrogens with one attached hydrogen (secondary N) is 1. The summed E-state index contributed by atoms with van der Waals surface area (Å²) in [5.74, 6) is -0.518. The van der Waals surface area contributed by atoms with Gasteiger partial charge in [0.25, 0.3) is 11.6 Å². The molecule has 1 aliphatic rings. The summed E-state index contributed by atoms with van der Waals surface area (Å²) < 4.78 is 6.03. The molecule has 0 bridgehead atoms. The summed E-state index contributed by atoms with van der Waals surface area (Å²) in [4.78, 5) is 25.6. The fraction of sp³-hybridized carbons (Fsp3) is 0.182. The van der Waals surface area contributed by atoms with Crippen molar-refractivity contribution < 1.29 is 14.3 Å². The predicted molar refractivity (Wildman–Crippen MR) is 128 cm³/mol. The molecule has 36 heavy (non-hydrogen) atoms. The third kappa shape index (κ3) is 4.46. The van der Waals surface area contributed by atoms with E-state index in [9.17, 15) is 14.9 Å². The van der Waals surface area contributed by atoms with Crippen LogP contribution >= 0.6 is 0 Å². The van der Waals surface area contributed by atoms with Gasteiger partial charge in [-0.05, 0) is 34.8 Å². The first-order chi connectivity index (χ1) is 17.5. The SMILES string of the molecule is Nc1nonc1-n1nnc(C(=O)NN=Cc2cccc([N+](=O)[O-])c2)c1CN1CCCc2ccccc21. The van der Waals surface area contributed by atoms with Crippen LogP contribution in [0.3, 0.4) is 0 Å². The van der Waals surface area contributed by atoms with Gasteiger partial charge in [-0.3, -0.25) is 14.9 Å². The summed E-state index contributed by atoms with van der Waals surface area (Å²) in [5.41, 5.74) is 11.3. The van der Waals surface area contributed by atoms with Gasteiger partial charge in [-0.1, -0.05) is 35.5 Å². The van der Waals surface area contributed by atoms with Crippen LogP contribution in [0.15, 0.2) is 58.3 Å². The molecular formula is C22H20N10O4. The number of hydrogen-bond donors (Lipinski definition) is 2. The molecule has 2 aromatic carbocycles. The first kappa shape index (κ1) is 22.6. The topological polar surface area (TPSA) is 183 Å². The summed E-state index contributed by atoms with van der Waals surface area (Å²) in [7, 11) is 0. The van der Waals surface area contributed by atoms with Crippen molar-refractivity contribution in [3.8, 4) is 5.82 Å². The summed E-state index contributed by atoms with van der Waals surface area (Å²) in [6, 6.07) is 13.9. The molecule has 0 saturated heterocycles. The van der Waals surface area contributed by atoms with Crippen LogP contribution in [0.25, 0.3) is 5.82 Å². The van der Waals surface area contributed by atoms with Gasteiger partial charge >= 0.3 is 0 Å². The Morgan fingerprint density at radius 1 is 1.25 bits per heavy atom. The molecule has 14 heteroatoms. The van der Waals surface area contributed by atoms with Crippen LogP contribution in [-0.2, 0) is 13.0 Å². The van der Waals surface area contributed by atoms with Crippen molar-refractivity contribution >= 4 is 29.3 Å². The number of nitro groups is 1. The minimum atomic E-state index is -0.627. The Hall–Kier alpha value is -5.14. The molecule has 0 saturated carbocycles. The monoisotopic (exact) mass is 488 g/mol. The van der Waals surface area contributed by atoms with Gasteiger partial charge < -0.3 is 10.6 Å². The minimum absolute atomic E-state index is 0.00385. The second-order valence-electron chi connectivity index (χ2n) is 7.97. The number of anilines is 2. The molecular weight excluding hydrogens is 468 g/mol. The molecule has 14 nitrogen and oxygen atoms in total. The van der Waals surface area contributed by atoms with Crippen molar-refractivity contribution in [2.24, 2.45) is 5.10 Å². The number of nitro benzene ring substituents is 1. The van der Waals surface area contributed by atoms with Crippen molar-refractivity contribution in [1.82, 2.24) is 30.7 Å². The normalized spacial score (nSPS) is 13.1. The Balaban J connectivity index is 1.43. The number of nitrogens with two attached hydrogens (primary N) is 1. The number of amides is 1. The smallest absolute Gasteiger partial charge is 0.293 e. The number of nitrogens with zero attached hydrogens (tertiary/aromatic N) is 8. The van der Waals surface area contributed by atoms with E-state index in [4.69, 9.17) is 10.4 Å². The number of hydrazone groups is 1. The number of benzene rings is 2. The Morgan fingerprint density at radius 3 is 2.92 bits per heavy atom. The highest BCUT2D eigenvalue weighted by atomic mass is 16.6. The molecule has 0 radical (unpaired) electrons. The first-order valence-corrected chi connectivity index (χ1v) is 10.9. The number of rotatable bonds is 7. The Kier molecular flexibility index (Phi) is 6.05. The first-order valence-electron chi connectivity index (χ1n) is 10.9. The molecule has 1 aliphatic heterocycles. The van der Waals surface area contributed by atoms with E-state index in [0.29, 0.717) is 11.3 Å². The maximum atomic E-state index is 13.0. The lowest BCUT2D eigenvalue weighted by Crippen LogP contribution is -2.31. The summed E-state index contributed by atoms with van der Waals surface area (Å²) in [5, 5.41) is 30.4. The van der Waals surface area contributed by atoms with E-state index < -0.39 is 10.8 Å². The average Bonchev–Trinajstić information content (AvgIpc) is 3.50. The predicted octanol–water partition coefficient (Wildman–Crippen LogP) is 1.86. The number of non-ortho nitro benzene ring substituents is 1. The molecule has 4 aromatic rings. The van der Waals surface area contributed by atoms with Crippen LogP contribution in [0.2, 0.25) is 0 Å². The van der Waals surface area contributed by atoms with Crippen molar-refractivity contribution in [2.45, 2.75) is 19.4 Å². The van der Waals surface area contributed by atoms with Crippen LogP contribution in [0.1, 0.15) is 33.7 Å². The maximum Gasteiger partial charge on any atom is 0.293 e. The Labute approximate surface area is 203 Å². The number of aryl methyl sites for hydroxylation is 1. The van der Waals surface area contributed by atoms with E-state index in [1.54, 1.807) is 6.07 Å². The van der Waals surface area contributed by atoms with Crippen LogP contribution in [0.5, 0.6) is 0 Å². The van der Waals surface area contributed by atoms with E-state index in [0.717, 1.165) is 25.1 Å². The molecule has 0 spiro atoms. The standard InChI is InChI=1S/C22H20N10O4/c23-20-21(28-36-27-20)31-18(13-30-10-4-7-15-6-1-2-9-17(15)30)19(25-29-31)22(33)26-24-12-14-5-3-8-16(11-14)32(34)35/h1-3,5-6,8-9,11-12H,4,7,10,13H2,(H2,23,27)(H,26,33). The molecule has 0 fully saturated rings. The largest absolute Gasteiger partial charge is 0.378 e. The van der Waals surface area contributed by atoms with Crippen molar-refractivity contribution in [3.63, 3.8) is 0 Å². The fourth-order valence-corrected chi connectivity index (χ4v) is 4.02. The molecule has 5 rings (SSSR count). The molecule has 2 aromatic heterocycles. The number of carbonyl (C=O) groups is 1. The van der Waals surface area contributed by atoms with E-state index in [1.807, 2.05) is 18.2 Å². The van der Waals surface area contributed by atoms with Gasteiger partial charge in [0.15, 0.2) is 5.69 Å². The average molecular weight is 488 g/mol. The number of carbonyl (C=O) groups excluding carboxylic acids is 1. The second-order valence-corrected chi connectivity index (χ2v) is 7.97. The molecule has 1 amide bonds. The summed E-state index contributed by atoms with van der Waals surface area (Å²) in [6.07, 6.45) is 3.21. The van der Waals surface area contributed by atoms with Crippen molar-refractivity contribution in [1.29, 1.82) is 0 Å². The van der Waals surface area contributed by atoms with Gasteiger partial charge in [0, 0.05) is 29.9 Å². The van der Waals surface area contributed by atoms with Gasteiger partial charge in [0.05, 0.1) is 23.4 Å². The van der Waals surface area contributed by atoms with Gasteiger partial charge in [-0.15, -0.1) is 5.10 Å². The van der Waals surface area contributed by atoms with Crippen LogP contribution in [-0.4, -0.2) is 48.9 Å². The fourth-order valence-electron chi connectivity index (χ4n) is 4.02.